The van der Waals surface area contributed by atoms with Crippen molar-refractivity contribution < 1.29 is 23.8 Å². The smallest absolute Gasteiger partial charge is 0.414 e. The average molecular weight is 480 g/mol. The van der Waals surface area contributed by atoms with Gasteiger partial charge in [-0.05, 0) is 38.5 Å². The first-order chi connectivity index (χ1) is 16.8. The van der Waals surface area contributed by atoms with Crippen molar-refractivity contribution in [2.75, 3.05) is 44.2 Å². The van der Waals surface area contributed by atoms with E-state index in [2.05, 4.69) is 4.90 Å². The predicted molar refractivity (Wildman–Crippen MR) is 134 cm³/mol. The van der Waals surface area contributed by atoms with E-state index in [4.69, 9.17) is 14.2 Å². The summed E-state index contributed by atoms with van der Waals surface area (Å²) in [5, 5.41) is 0. The van der Waals surface area contributed by atoms with Crippen molar-refractivity contribution >= 4 is 23.6 Å². The van der Waals surface area contributed by atoms with Crippen LogP contribution in [0.5, 0.6) is 0 Å². The van der Waals surface area contributed by atoms with Gasteiger partial charge in [-0.2, -0.15) is 0 Å². The quantitative estimate of drug-likeness (QED) is 0.633. The normalized spacial score (nSPS) is 16.3. The standard InChI is InChI=1S/C27H33N3O5/c1-27(2,3)35-26(32)30-16-17-33-24(19-30)22-10-7-11-23(18-22)28-12-14-29(15-13-28)25(31)34-20-21-8-5-4-6-9-21/h4-11,18-19H,12-17,20H2,1-3H3. The van der Waals surface area contributed by atoms with Crippen LogP contribution in [0.1, 0.15) is 31.9 Å². The van der Waals surface area contributed by atoms with Crippen molar-refractivity contribution in [2.45, 2.75) is 33.0 Å². The summed E-state index contributed by atoms with van der Waals surface area (Å²) in [6.07, 6.45) is 1.03. The molecule has 1 saturated heterocycles. The lowest BCUT2D eigenvalue weighted by Gasteiger charge is -2.35. The Morgan fingerprint density at radius 3 is 2.37 bits per heavy atom. The average Bonchev–Trinajstić information content (AvgIpc) is 2.87. The summed E-state index contributed by atoms with van der Waals surface area (Å²) in [7, 11) is 0. The van der Waals surface area contributed by atoms with Crippen molar-refractivity contribution in [3.8, 4) is 0 Å². The molecular weight excluding hydrogens is 446 g/mol. The number of anilines is 1. The summed E-state index contributed by atoms with van der Waals surface area (Å²) < 4.78 is 16.8. The molecule has 1 fully saturated rings. The number of hydrogen-bond acceptors (Lipinski definition) is 6. The molecule has 0 aromatic heterocycles. The van der Waals surface area contributed by atoms with Crippen LogP contribution in [0.15, 0.2) is 60.8 Å². The predicted octanol–water partition coefficient (Wildman–Crippen LogP) is 4.71. The highest BCUT2D eigenvalue weighted by Gasteiger charge is 2.26. The van der Waals surface area contributed by atoms with Gasteiger partial charge in [0, 0.05) is 37.4 Å². The number of carbonyl (C=O) groups is 2. The molecule has 186 valence electrons. The molecule has 2 heterocycles. The maximum Gasteiger partial charge on any atom is 0.414 e. The number of amides is 2. The number of carbonyl (C=O) groups excluding carboxylic acids is 2. The van der Waals surface area contributed by atoms with E-state index in [9.17, 15) is 9.59 Å². The van der Waals surface area contributed by atoms with Gasteiger partial charge in [-0.3, -0.25) is 4.90 Å². The Hall–Kier alpha value is -3.68. The minimum Gasteiger partial charge on any atom is -0.490 e. The van der Waals surface area contributed by atoms with Gasteiger partial charge in [0.15, 0.2) is 0 Å². The van der Waals surface area contributed by atoms with Gasteiger partial charge in [0.05, 0.1) is 12.7 Å². The molecule has 0 atom stereocenters. The Morgan fingerprint density at radius 2 is 1.66 bits per heavy atom. The molecule has 0 bridgehead atoms. The summed E-state index contributed by atoms with van der Waals surface area (Å²) in [5.74, 6) is 0.632. The van der Waals surface area contributed by atoms with Crippen LogP contribution < -0.4 is 4.90 Å². The highest BCUT2D eigenvalue weighted by Crippen LogP contribution is 2.26. The van der Waals surface area contributed by atoms with E-state index in [1.165, 1.54) is 0 Å². The Bertz CT molecular complexity index is 1060. The second-order valence-corrected chi connectivity index (χ2v) is 9.58. The van der Waals surface area contributed by atoms with Crippen molar-refractivity contribution in [3.63, 3.8) is 0 Å². The van der Waals surface area contributed by atoms with Crippen LogP contribution in [0, 0.1) is 0 Å². The van der Waals surface area contributed by atoms with Crippen LogP contribution in [0.2, 0.25) is 0 Å². The van der Waals surface area contributed by atoms with E-state index in [1.807, 2.05) is 75.4 Å². The first-order valence-electron chi connectivity index (χ1n) is 11.9. The molecule has 8 nitrogen and oxygen atoms in total. The first kappa shape index (κ1) is 24.4. The zero-order valence-electron chi connectivity index (χ0n) is 20.6. The summed E-state index contributed by atoms with van der Waals surface area (Å²) in [6, 6.07) is 17.7. The molecule has 0 aliphatic carbocycles. The van der Waals surface area contributed by atoms with Gasteiger partial charge in [-0.15, -0.1) is 0 Å². The maximum atomic E-state index is 12.5. The third-order valence-corrected chi connectivity index (χ3v) is 5.73. The van der Waals surface area contributed by atoms with Crippen LogP contribution >= 0.6 is 0 Å². The van der Waals surface area contributed by atoms with Crippen LogP contribution in [0.3, 0.4) is 0 Å². The van der Waals surface area contributed by atoms with Crippen LogP contribution in [-0.4, -0.2) is 66.9 Å². The van der Waals surface area contributed by atoms with Crippen LogP contribution in [0.4, 0.5) is 15.3 Å². The van der Waals surface area contributed by atoms with E-state index in [-0.39, 0.29) is 18.8 Å². The molecule has 0 saturated carbocycles. The van der Waals surface area contributed by atoms with Gasteiger partial charge >= 0.3 is 12.2 Å². The summed E-state index contributed by atoms with van der Waals surface area (Å²) in [6.45, 7) is 9.25. The fraction of sp³-hybridized carbons (Fsp3) is 0.407. The van der Waals surface area contributed by atoms with Crippen molar-refractivity contribution in [3.05, 3.63) is 71.9 Å². The third-order valence-electron chi connectivity index (χ3n) is 5.73. The van der Waals surface area contributed by atoms with E-state index in [0.29, 0.717) is 45.1 Å². The lowest BCUT2D eigenvalue weighted by molar-refractivity contribution is 0.0282. The van der Waals surface area contributed by atoms with Gasteiger partial charge < -0.3 is 24.0 Å². The molecule has 0 spiro atoms. The number of benzene rings is 2. The van der Waals surface area contributed by atoms with Gasteiger partial charge in [-0.25, -0.2) is 9.59 Å². The van der Waals surface area contributed by atoms with E-state index in [0.717, 1.165) is 16.8 Å². The van der Waals surface area contributed by atoms with E-state index in [1.54, 1.807) is 16.0 Å². The highest BCUT2D eigenvalue weighted by atomic mass is 16.6. The molecule has 0 N–H and O–H groups in total. The molecule has 0 radical (unpaired) electrons. The lowest BCUT2D eigenvalue weighted by atomic mass is 10.1. The monoisotopic (exact) mass is 479 g/mol. The number of ether oxygens (including phenoxy) is 3. The topological polar surface area (TPSA) is 71.6 Å². The summed E-state index contributed by atoms with van der Waals surface area (Å²) in [5.41, 5.74) is 2.35. The number of piperazine rings is 1. The van der Waals surface area contributed by atoms with Crippen molar-refractivity contribution in [1.82, 2.24) is 9.80 Å². The third kappa shape index (κ3) is 6.68. The molecule has 2 aliphatic heterocycles. The zero-order valence-corrected chi connectivity index (χ0v) is 20.6. The van der Waals surface area contributed by atoms with E-state index < -0.39 is 5.60 Å². The number of nitrogens with zero attached hydrogens (tertiary/aromatic N) is 3. The van der Waals surface area contributed by atoms with Gasteiger partial charge in [0.2, 0.25) is 0 Å². The SMILES string of the molecule is CC(C)(C)OC(=O)N1C=C(c2cccc(N3CCN(C(=O)OCc4ccccc4)CC3)c2)OCC1. The Kier molecular flexibility index (Phi) is 7.48. The number of hydrogen-bond donors (Lipinski definition) is 0. The minimum atomic E-state index is -0.556. The Morgan fingerprint density at radius 1 is 0.914 bits per heavy atom. The second-order valence-electron chi connectivity index (χ2n) is 9.58. The second kappa shape index (κ2) is 10.7. The van der Waals surface area contributed by atoms with E-state index >= 15 is 0 Å². The highest BCUT2D eigenvalue weighted by molar-refractivity contribution is 5.74. The first-order valence-corrected chi connectivity index (χ1v) is 11.9. The molecule has 35 heavy (non-hydrogen) atoms. The van der Waals surface area contributed by atoms with Crippen LogP contribution in [0.25, 0.3) is 5.76 Å². The molecule has 2 aromatic rings. The lowest BCUT2D eigenvalue weighted by Crippen LogP contribution is -2.49. The molecule has 8 heteroatoms. The molecule has 2 aliphatic rings. The maximum absolute atomic E-state index is 12.5. The van der Waals surface area contributed by atoms with Gasteiger partial charge in [0.25, 0.3) is 0 Å². The Balaban J connectivity index is 1.34. The van der Waals surface area contributed by atoms with Crippen LogP contribution in [-0.2, 0) is 20.8 Å². The summed E-state index contributed by atoms with van der Waals surface area (Å²) >= 11 is 0. The molecule has 0 unspecified atom stereocenters. The largest absolute Gasteiger partial charge is 0.490 e. The molecule has 2 aromatic carbocycles. The fourth-order valence-corrected chi connectivity index (χ4v) is 3.93. The van der Waals surface area contributed by atoms with Gasteiger partial charge in [-0.1, -0.05) is 42.5 Å². The fourth-order valence-electron chi connectivity index (χ4n) is 3.93. The molecular formula is C27H33N3O5. The molecule has 2 amide bonds. The van der Waals surface area contributed by atoms with Gasteiger partial charge in [0.1, 0.15) is 24.6 Å². The minimum absolute atomic E-state index is 0.275. The molecule has 4 rings (SSSR count). The van der Waals surface area contributed by atoms with Crippen molar-refractivity contribution in [2.24, 2.45) is 0 Å². The zero-order chi connectivity index (χ0) is 24.8. The Labute approximate surface area is 206 Å². The summed E-state index contributed by atoms with van der Waals surface area (Å²) in [4.78, 5) is 30.5. The number of rotatable bonds is 4. The van der Waals surface area contributed by atoms with Crippen molar-refractivity contribution in [1.29, 1.82) is 0 Å².